The summed E-state index contributed by atoms with van der Waals surface area (Å²) in [4.78, 5) is 15.4. The Morgan fingerprint density at radius 2 is 2.13 bits per heavy atom. The maximum atomic E-state index is 11.1. The number of rotatable bonds is 6. The van der Waals surface area contributed by atoms with Gasteiger partial charge < -0.3 is 15.5 Å². The molecule has 7 heteroatoms. The first kappa shape index (κ1) is 15.0. The molecule has 0 atom stereocenters. The van der Waals surface area contributed by atoms with Crippen molar-refractivity contribution >= 4 is 17.4 Å². The zero-order valence-electron chi connectivity index (χ0n) is 12.3. The quantitative estimate of drug-likeness (QED) is 0.601. The zero-order chi connectivity index (χ0) is 16.2. The molecular formula is C16H16N4O3. The molecule has 1 aromatic carbocycles. The summed E-state index contributed by atoms with van der Waals surface area (Å²) < 4.78 is 1.67. The fraction of sp³-hybridized carbons (Fsp3) is 0.188. The van der Waals surface area contributed by atoms with Crippen LogP contribution in [-0.2, 0) is 0 Å². The molecule has 0 fully saturated rings. The number of aliphatic hydroxyl groups is 1. The van der Waals surface area contributed by atoms with E-state index in [9.17, 15) is 4.79 Å². The first-order valence-electron chi connectivity index (χ1n) is 7.22. The molecule has 2 heterocycles. The smallest absolute Gasteiger partial charge is 0.335 e. The Hall–Kier alpha value is -2.93. The minimum Gasteiger partial charge on any atom is -0.478 e. The van der Waals surface area contributed by atoms with Crippen molar-refractivity contribution in [3.63, 3.8) is 0 Å². The van der Waals surface area contributed by atoms with Crippen LogP contribution in [0.4, 0.5) is 5.82 Å². The fourth-order valence-corrected chi connectivity index (χ4v) is 2.27. The highest BCUT2D eigenvalue weighted by Crippen LogP contribution is 2.22. The van der Waals surface area contributed by atoms with Gasteiger partial charge in [0.05, 0.1) is 17.5 Å². The first-order valence-corrected chi connectivity index (χ1v) is 7.22. The van der Waals surface area contributed by atoms with Gasteiger partial charge in [0.15, 0.2) is 5.65 Å². The van der Waals surface area contributed by atoms with E-state index in [0.717, 1.165) is 5.56 Å². The highest BCUT2D eigenvalue weighted by atomic mass is 16.4. The van der Waals surface area contributed by atoms with Gasteiger partial charge in [-0.05, 0) is 30.7 Å². The molecule has 0 saturated heterocycles. The lowest BCUT2D eigenvalue weighted by Crippen LogP contribution is -2.07. The minimum absolute atomic E-state index is 0.119. The number of nitrogens with one attached hydrogen (secondary N) is 1. The molecule has 0 aliphatic rings. The molecule has 0 spiro atoms. The number of hydrogen-bond acceptors (Lipinski definition) is 5. The number of aromatic nitrogens is 3. The maximum absolute atomic E-state index is 11.1. The van der Waals surface area contributed by atoms with Crippen molar-refractivity contribution in [2.24, 2.45) is 0 Å². The molecule has 118 valence electrons. The van der Waals surface area contributed by atoms with Gasteiger partial charge in [0.1, 0.15) is 5.82 Å². The lowest BCUT2D eigenvalue weighted by Gasteiger charge is -2.06. The van der Waals surface area contributed by atoms with Gasteiger partial charge in [0, 0.05) is 18.7 Å². The second-order valence-corrected chi connectivity index (χ2v) is 5.02. The lowest BCUT2D eigenvalue weighted by molar-refractivity contribution is 0.0697. The van der Waals surface area contributed by atoms with Crippen LogP contribution >= 0.6 is 0 Å². The third-order valence-corrected chi connectivity index (χ3v) is 3.41. The van der Waals surface area contributed by atoms with E-state index in [1.165, 1.54) is 0 Å². The molecule has 3 aromatic rings. The SMILES string of the molecule is O=C(O)c1cccc(-c2cnc3ccc(NCCCO)nn23)c1. The van der Waals surface area contributed by atoms with Crippen LogP contribution in [0.2, 0.25) is 0 Å². The van der Waals surface area contributed by atoms with Crippen LogP contribution in [-0.4, -0.2) is 43.9 Å². The molecule has 0 unspecified atom stereocenters. The van der Waals surface area contributed by atoms with Crippen LogP contribution < -0.4 is 5.32 Å². The molecule has 0 bridgehead atoms. The van der Waals surface area contributed by atoms with E-state index in [2.05, 4.69) is 15.4 Å². The Morgan fingerprint density at radius 3 is 2.91 bits per heavy atom. The maximum Gasteiger partial charge on any atom is 0.335 e. The topological polar surface area (TPSA) is 99.8 Å². The second-order valence-electron chi connectivity index (χ2n) is 5.02. The van der Waals surface area contributed by atoms with Crippen molar-refractivity contribution < 1.29 is 15.0 Å². The number of carbonyl (C=O) groups is 1. The van der Waals surface area contributed by atoms with E-state index in [1.54, 1.807) is 28.9 Å². The summed E-state index contributed by atoms with van der Waals surface area (Å²) in [5, 5.41) is 25.5. The highest BCUT2D eigenvalue weighted by Gasteiger charge is 2.10. The second kappa shape index (κ2) is 6.45. The monoisotopic (exact) mass is 312 g/mol. The number of nitrogens with zero attached hydrogens (tertiary/aromatic N) is 3. The number of benzene rings is 1. The standard InChI is InChI=1S/C16H16N4O3/c21-8-2-7-17-14-5-6-15-18-10-13(20(15)19-14)11-3-1-4-12(9-11)16(22)23/h1,3-6,9-10,21H,2,7-8H2,(H,17,19)(H,22,23). The summed E-state index contributed by atoms with van der Waals surface area (Å²) in [6.45, 7) is 0.737. The van der Waals surface area contributed by atoms with Crippen LogP contribution in [0.3, 0.4) is 0 Å². The largest absolute Gasteiger partial charge is 0.478 e. The van der Waals surface area contributed by atoms with Crippen molar-refractivity contribution in [3.8, 4) is 11.3 Å². The average molecular weight is 312 g/mol. The molecule has 0 saturated carbocycles. The van der Waals surface area contributed by atoms with Crippen molar-refractivity contribution in [3.05, 3.63) is 48.2 Å². The van der Waals surface area contributed by atoms with E-state index in [1.807, 2.05) is 18.2 Å². The number of aliphatic hydroxyl groups excluding tert-OH is 1. The first-order chi connectivity index (χ1) is 11.2. The van der Waals surface area contributed by atoms with Crippen LogP contribution in [0.1, 0.15) is 16.8 Å². The van der Waals surface area contributed by atoms with Gasteiger partial charge in [-0.3, -0.25) is 0 Å². The third kappa shape index (κ3) is 3.14. The van der Waals surface area contributed by atoms with Gasteiger partial charge in [-0.15, -0.1) is 5.10 Å². The van der Waals surface area contributed by atoms with Crippen LogP contribution in [0.25, 0.3) is 16.9 Å². The normalized spacial score (nSPS) is 10.8. The molecule has 0 aliphatic carbocycles. The van der Waals surface area contributed by atoms with Crippen molar-refractivity contribution in [1.82, 2.24) is 14.6 Å². The number of hydrogen-bond donors (Lipinski definition) is 3. The Kier molecular flexibility index (Phi) is 4.20. The number of aromatic carboxylic acids is 1. The molecule has 0 radical (unpaired) electrons. The van der Waals surface area contributed by atoms with Gasteiger partial charge in [0.2, 0.25) is 0 Å². The van der Waals surface area contributed by atoms with Gasteiger partial charge in [-0.1, -0.05) is 12.1 Å². The minimum atomic E-state index is -0.972. The molecule has 3 rings (SSSR count). The average Bonchev–Trinajstić information content (AvgIpc) is 2.98. The van der Waals surface area contributed by atoms with E-state index < -0.39 is 5.97 Å². The fourth-order valence-electron chi connectivity index (χ4n) is 2.27. The summed E-state index contributed by atoms with van der Waals surface area (Å²) in [5.74, 6) is -0.306. The van der Waals surface area contributed by atoms with Gasteiger partial charge in [-0.2, -0.15) is 0 Å². The summed E-state index contributed by atoms with van der Waals surface area (Å²) in [5.41, 5.74) is 2.34. The number of carboxylic acid groups (broad SMARTS) is 1. The number of carboxylic acids is 1. The number of anilines is 1. The van der Waals surface area contributed by atoms with Gasteiger partial charge in [-0.25, -0.2) is 14.3 Å². The predicted molar refractivity (Wildman–Crippen MR) is 85.6 cm³/mol. The zero-order valence-corrected chi connectivity index (χ0v) is 12.3. The number of fused-ring (bicyclic) bond motifs is 1. The Balaban J connectivity index is 1.99. The summed E-state index contributed by atoms with van der Waals surface area (Å²) in [7, 11) is 0. The van der Waals surface area contributed by atoms with Crippen molar-refractivity contribution in [2.75, 3.05) is 18.5 Å². The highest BCUT2D eigenvalue weighted by molar-refractivity contribution is 5.89. The molecule has 3 N–H and O–H groups in total. The summed E-state index contributed by atoms with van der Waals surface area (Å²) in [6.07, 6.45) is 2.30. The van der Waals surface area contributed by atoms with Crippen LogP contribution in [0, 0.1) is 0 Å². The Bertz CT molecular complexity index is 844. The Labute approximate surface area is 132 Å². The van der Waals surface area contributed by atoms with E-state index >= 15 is 0 Å². The third-order valence-electron chi connectivity index (χ3n) is 3.41. The van der Waals surface area contributed by atoms with Crippen LogP contribution in [0.5, 0.6) is 0 Å². The van der Waals surface area contributed by atoms with Gasteiger partial charge in [0.25, 0.3) is 0 Å². The number of imidazole rings is 1. The van der Waals surface area contributed by atoms with E-state index in [4.69, 9.17) is 10.2 Å². The lowest BCUT2D eigenvalue weighted by atomic mass is 10.1. The molecule has 0 aliphatic heterocycles. The molecular weight excluding hydrogens is 296 g/mol. The molecule has 7 nitrogen and oxygen atoms in total. The van der Waals surface area contributed by atoms with Crippen molar-refractivity contribution in [1.29, 1.82) is 0 Å². The molecule has 23 heavy (non-hydrogen) atoms. The van der Waals surface area contributed by atoms with Crippen molar-refractivity contribution in [2.45, 2.75) is 6.42 Å². The van der Waals surface area contributed by atoms with Gasteiger partial charge >= 0.3 is 5.97 Å². The van der Waals surface area contributed by atoms with E-state index in [-0.39, 0.29) is 12.2 Å². The molecule has 0 amide bonds. The van der Waals surface area contributed by atoms with E-state index in [0.29, 0.717) is 30.1 Å². The van der Waals surface area contributed by atoms with Crippen LogP contribution in [0.15, 0.2) is 42.6 Å². The summed E-state index contributed by atoms with van der Waals surface area (Å²) in [6, 6.07) is 10.3. The molecule has 2 aromatic heterocycles. The predicted octanol–water partition coefficient (Wildman–Crippen LogP) is 1.89. The Morgan fingerprint density at radius 1 is 1.26 bits per heavy atom. The summed E-state index contributed by atoms with van der Waals surface area (Å²) >= 11 is 0.